The molecule has 0 aromatic carbocycles. The lowest BCUT2D eigenvalue weighted by molar-refractivity contribution is 0.137. The van der Waals surface area contributed by atoms with E-state index in [1.807, 2.05) is 0 Å². The van der Waals surface area contributed by atoms with E-state index in [2.05, 4.69) is 27.5 Å². The Hall–Kier alpha value is 0.650. The van der Waals surface area contributed by atoms with E-state index in [0.717, 1.165) is 17.1 Å². The molecule has 0 spiro atoms. The predicted octanol–water partition coefficient (Wildman–Crippen LogP) is 1.53. The molecule has 1 aliphatic heterocycles. The minimum absolute atomic E-state index is 0.881. The van der Waals surface area contributed by atoms with E-state index in [1.54, 1.807) is 7.11 Å². The average Bonchev–Trinajstić information content (AvgIpc) is 2.04. The van der Waals surface area contributed by atoms with Crippen molar-refractivity contribution in [2.24, 2.45) is 0 Å². The highest BCUT2D eigenvalue weighted by Gasteiger charge is 2.15. The van der Waals surface area contributed by atoms with Crippen LogP contribution in [0.15, 0.2) is 0 Å². The van der Waals surface area contributed by atoms with E-state index >= 15 is 0 Å². The van der Waals surface area contributed by atoms with Crippen LogP contribution in [0.2, 0.25) is 0 Å². The Morgan fingerprint density at radius 2 is 2.09 bits per heavy atom. The van der Waals surface area contributed by atoms with Gasteiger partial charge in [0.2, 0.25) is 0 Å². The molecule has 1 aliphatic rings. The molecule has 1 rings (SSSR count). The number of methoxy groups -OCH3 is 1. The fourth-order valence-electron chi connectivity index (χ4n) is 1.35. The van der Waals surface area contributed by atoms with Crippen molar-refractivity contribution in [2.75, 3.05) is 33.4 Å². The Bertz CT molecular complexity index is 99.5. The number of rotatable bonds is 3. The smallest absolute Gasteiger partial charge is 0.0589 e. The predicted molar refractivity (Wildman–Crippen MR) is 55.4 cm³/mol. The molecule has 1 heterocycles. The highest BCUT2D eigenvalue weighted by molar-refractivity contribution is 14.1. The van der Waals surface area contributed by atoms with Gasteiger partial charge in [0.15, 0.2) is 0 Å². The van der Waals surface area contributed by atoms with Gasteiger partial charge in [-0.25, -0.2) is 0 Å². The van der Waals surface area contributed by atoms with Crippen LogP contribution >= 0.6 is 22.6 Å². The number of likely N-dealkylation sites (tertiary alicyclic amines) is 1. The van der Waals surface area contributed by atoms with Crippen LogP contribution in [0.5, 0.6) is 0 Å². The zero-order valence-electron chi connectivity index (χ0n) is 7.05. The first-order valence-corrected chi connectivity index (χ1v) is 5.43. The Labute approximate surface area is 82.4 Å². The number of nitrogens with zero attached hydrogens (tertiary/aromatic N) is 1. The molecule has 2 nitrogen and oxygen atoms in total. The maximum atomic E-state index is 5.03. The zero-order valence-corrected chi connectivity index (χ0v) is 9.21. The Morgan fingerprint density at radius 1 is 1.45 bits per heavy atom. The van der Waals surface area contributed by atoms with E-state index in [-0.39, 0.29) is 0 Å². The molecular weight excluding hydrogens is 253 g/mol. The van der Waals surface area contributed by atoms with Crippen LogP contribution in [0.4, 0.5) is 0 Å². The van der Waals surface area contributed by atoms with Crippen molar-refractivity contribution in [3.05, 3.63) is 0 Å². The maximum Gasteiger partial charge on any atom is 0.0589 e. The minimum Gasteiger partial charge on any atom is -0.383 e. The number of alkyl halides is 1. The number of hydrogen-bond donors (Lipinski definition) is 0. The second-order valence-corrected chi connectivity index (χ2v) is 4.77. The molecule has 0 radical (unpaired) electrons. The fourth-order valence-corrected chi connectivity index (χ4v) is 1.90. The van der Waals surface area contributed by atoms with E-state index in [9.17, 15) is 0 Å². The third-order valence-corrected chi connectivity index (χ3v) is 3.37. The first-order chi connectivity index (χ1) is 5.33. The summed E-state index contributed by atoms with van der Waals surface area (Å²) in [7, 11) is 1.77. The lowest BCUT2D eigenvalue weighted by Gasteiger charge is -2.28. The van der Waals surface area contributed by atoms with Crippen LogP contribution in [-0.4, -0.2) is 42.2 Å². The molecule has 0 amide bonds. The monoisotopic (exact) mass is 269 g/mol. The van der Waals surface area contributed by atoms with Gasteiger partial charge < -0.3 is 9.64 Å². The van der Waals surface area contributed by atoms with Crippen LogP contribution in [0, 0.1) is 0 Å². The molecule has 1 fully saturated rings. The van der Waals surface area contributed by atoms with E-state index in [1.165, 1.54) is 25.9 Å². The van der Waals surface area contributed by atoms with Gasteiger partial charge in [-0.05, 0) is 25.9 Å². The van der Waals surface area contributed by atoms with Crippen molar-refractivity contribution >= 4 is 22.6 Å². The van der Waals surface area contributed by atoms with Crippen molar-refractivity contribution in [1.82, 2.24) is 4.90 Å². The van der Waals surface area contributed by atoms with Crippen molar-refractivity contribution in [3.8, 4) is 0 Å². The molecule has 0 atom stereocenters. The van der Waals surface area contributed by atoms with Gasteiger partial charge in [0.1, 0.15) is 0 Å². The molecule has 0 N–H and O–H groups in total. The molecule has 0 aromatic rings. The standard InChI is InChI=1S/C8H16INO/c1-11-7-6-10-4-2-8(9)3-5-10/h8H,2-7H2,1H3. The van der Waals surface area contributed by atoms with Crippen LogP contribution in [0.1, 0.15) is 12.8 Å². The number of ether oxygens (including phenoxy) is 1. The normalized spacial score (nSPS) is 22.4. The highest BCUT2D eigenvalue weighted by Crippen LogP contribution is 2.17. The molecule has 11 heavy (non-hydrogen) atoms. The summed E-state index contributed by atoms with van der Waals surface area (Å²) in [6, 6.07) is 0. The van der Waals surface area contributed by atoms with Gasteiger partial charge in [0.25, 0.3) is 0 Å². The van der Waals surface area contributed by atoms with Gasteiger partial charge in [-0.2, -0.15) is 0 Å². The van der Waals surface area contributed by atoms with Crippen LogP contribution in [0.25, 0.3) is 0 Å². The summed E-state index contributed by atoms with van der Waals surface area (Å²) in [5, 5.41) is 0. The van der Waals surface area contributed by atoms with Crippen molar-refractivity contribution in [2.45, 2.75) is 16.8 Å². The zero-order chi connectivity index (χ0) is 8.10. The van der Waals surface area contributed by atoms with E-state index < -0.39 is 0 Å². The molecule has 0 aliphatic carbocycles. The summed E-state index contributed by atoms with van der Waals surface area (Å²) >= 11 is 2.55. The summed E-state index contributed by atoms with van der Waals surface area (Å²) in [5.74, 6) is 0. The van der Waals surface area contributed by atoms with Crippen molar-refractivity contribution < 1.29 is 4.74 Å². The topological polar surface area (TPSA) is 12.5 Å². The number of hydrogen-bond acceptors (Lipinski definition) is 2. The van der Waals surface area contributed by atoms with Gasteiger partial charge >= 0.3 is 0 Å². The fraction of sp³-hybridized carbons (Fsp3) is 1.00. The summed E-state index contributed by atoms with van der Waals surface area (Å²) < 4.78 is 5.94. The summed E-state index contributed by atoms with van der Waals surface area (Å²) in [4.78, 5) is 2.48. The van der Waals surface area contributed by atoms with Gasteiger partial charge in [0.05, 0.1) is 6.61 Å². The molecule has 0 aromatic heterocycles. The molecule has 0 saturated carbocycles. The van der Waals surface area contributed by atoms with Crippen LogP contribution < -0.4 is 0 Å². The highest BCUT2D eigenvalue weighted by atomic mass is 127. The van der Waals surface area contributed by atoms with Gasteiger partial charge in [0, 0.05) is 17.6 Å². The van der Waals surface area contributed by atoms with Gasteiger partial charge in [-0.15, -0.1) is 0 Å². The molecule has 1 saturated heterocycles. The Morgan fingerprint density at radius 3 is 2.64 bits per heavy atom. The SMILES string of the molecule is COCCN1CCC(I)CC1. The largest absolute Gasteiger partial charge is 0.383 e. The quantitative estimate of drug-likeness (QED) is 0.569. The van der Waals surface area contributed by atoms with Crippen molar-refractivity contribution in [1.29, 1.82) is 0 Å². The number of halogens is 1. The number of piperidine rings is 1. The van der Waals surface area contributed by atoms with Gasteiger partial charge in [-0.1, -0.05) is 22.6 Å². The lowest BCUT2D eigenvalue weighted by atomic mass is 10.1. The Kier molecular flexibility index (Phi) is 4.71. The summed E-state index contributed by atoms with van der Waals surface area (Å²) in [6.45, 7) is 4.51. The average molecular weight is 269 g/mol. The molecule has 0 unspecified atom stereocenters. The van der Waals surface area contributed by atoms with E-state index in [0.29, 0.717) is 0 Å². The van der Waals surface area contributed by atoms with E-state index in [4.69, 9.17) is 4.74 Å². The summed E-state index contributed by atoms with van der Waals surface area (Å²) in [6.07, 6.45) is 2.70. The molecular formula is C8H16INO. The second kappa shape index (κ2) is 5.32. The molecule has 3 heteroatoms. The Balaban J connectivity index is 2.07. The second-order valence-electron chi connectivity index (χ2n) is 3.01. The first kappa shape index (κ1) is 9.74. The third-order valence-electron chi connectivity index (χ3n) is 2.13. The van der Waals surface area contributed by atoms with Crippen LogP contribution in [-0.2, 0) is 4.74 Å². The lowest BCUT2D eigenvalue weighted by Crippen LogP contribution is -2.35. The third kappa shape index (κ3) is 3.71. The van der Waals surface area contributed by atoms with Gasteiger partial charge in [-0.3, -0.25) is 0 Å². The van der Waals surface area contributed by atoms with Crippen LogP contribution in [0.3, 0.4) is 0 Å². The molecule has 0 bridgehead atoms. The van der Waals surface area contributed by atoms with Crippen molar-refractivity contribution in [3.63, 3.8) is 0 Å². The summed E-state index contributed by atoms with van der Waals surface area (Å²) in [5.41, 5.74) is 0. The molecule has 66 valence electrons. The minimum atomic E-state index is 0.881. The maximum absolute atomic E-state index is 5.03. The first-order valence-electron chi connectivity index (χ1n) is 4.18.